The van der Waals surface area contributed by atoms with E-state index in [-0.39, 0.29) is 12.4 Å². The zero-order valence-electron chi connectivity index (χ0n) is 19.8. The Bertz CT molecular complexity index is 431. The molecule has 0 fully saturated rings. The molecule has 1 rings (SSSR count). The molecule has 0 bridgehead atoms. The van der Waals surface area contributed by atoms with Gasteiger partial charge in [0, 0.05) is 6.04 Å². The fraction of sp³-hybridized carbons (Fsp3) is 0.778. The summed E-state index contributed by atoms with van der Waals surface area (Å²) in [5, 5.41) is 0. The van der Waals surface area contributed by atoms with Gasteiger partial charge in [0.25, 0.3) is 0 Å². The quantitative estimate of drug-likeness (QED) is 0.200. The van der Waals surface area contributed by atoms with Gasteiger partial charge in [-0.3, -0.25) is 0 Å². The molecule has 0 saturated heterocycles. The van der Waals surface area contributed by atoms with Crippen LogP contribution >= 0.6 is 12.4 Å². The van der Waals surface area contributed by atoms with Crippen molar-refractivity contribution in [1.82, 2.24) is 4.90 Å². The van der Waals surface area contributed by atoms with Gasteiger partial charge < -0.3 is 4.90 Å². The normalized spacial score (nSPS) is 12.1. The predicted molar refractivity (Wildman–Crippen MR) is 134 cm³/mol. The second-order valence-corrected chi connectivity index (χ2v) is 8.98. The number of hydrogen-bond donors (Lipinski definition) is 0. The summed E-state index contributed by atoms with van der Waals surface area (Å²) in [6.07, 6.45) is 24.4. The number of hydrogen-bond acceptors (Lipinski definition) is 1. The summed E-state index contributed by atoms with van der Waals surface area (Å²) in [4.78, 5) is 2.38. The van der Waals surface area contributed by atoms with Crippen molar-refractivity contribution in [2.75, 3.05) is 14.1 Å². The Kier molecular flexibility index (Phi) is 20.4. The lowest BCUT2D eigenvalue weighted by Crippen LogP contribution is -2.19. The van der Waals surface area contributed by atoms with Crippen LogP contribution < -0.4 is 0 Å². The summed E-state index contributed by atoms with van der Waals surface area (Å²) < 4.78 is 0. The highest BCUT2D eigenvalue weighted by Gasteiger charge is 2.12. The minimum Gasteiger partial charge on any atom is -0.302 e. The second kappa shape index (κ2) is 20.7. The van der Waals surface area contributed by atoms with Crippen LogP contribution in [-0.2, 0) is 0 Å². The third-order valence-electron chi connectivity index (χ3n) is 6.14. The molecule has 0 N–H and O–H groups in total. The molecule has 1 atom stereocenters. The smallest absolute Gasteiger partial charge is 0.0342 e. The van der Waals surface area contributed by atoms with Gasteiger partial charge in [-0.1, -0.05) is 140 Å². The van der Waals surface area contributed by atoms with E-state index < -0.39 is 0 Å². The Balaban J connectivity index is 0.00000784. The van der Waals surface area contributed by atoms with Crippen molar-refractivity contribution in [2.45, 2.75) is 122 Å². The van der Waals surface area contributed by atoms with Gasteiger partial charge in [0.1, 0.15) is 0 Å². The first-order valence-corrected chi connectivity index (χ1v) is 12.5. The van der Waals surface area contributed by atoms with Gasteiger partial charge in [-0.25, -0.2) is 0 Å². The van der Waals surface area contributed by atoms with Crippen LogP contribution in [0.15, 0.2) is 30.3 Å². The van der Waals surface area contributed by atoms with E-state index in [0.29, 0.717) is 6.04 Å². The molecule has 0 saturated carbocycles. The van der Waals surface area contributed by atoms with Crippen molar-refractivity contribution in [1.29, 1.82) is 0 Å². The van der Waals surface area contributed by atoms with Crippen LogP contribution in [-0.4, -0.2) is 19.0 Å². The maximum atomic E-state index is 2.38. The average Bonchev–Trinajstić information content (AvgIpc) is 2.70. The van der Waals surface area contributed by atoms with E-state index >= 15 is 0 Å². The minimum absolute atomic E-state index is 0. The molecular weight excluding hydrogens is 374 g/mol. The number of benzene rings is 1. The monoisotopic (exact) mass is 423 g/mol. The fourth-order valence-corrected chi connectivity index (χ4v) is 4.28. The van der Waals surface area contributed by atoms with Gasteiger partial charge in [-0.2, -0.15) is 0 Å². The number of unbranched alkanes of at least 4 members (excludes halogenated alkanes) is 15. The lowest BCUT2D eigenvalue weighted by molar-refractivity contribution is 0.276. The van der Waals surface area contributed by atoms with Crippen LogP contribution in [0.1, 0.15) is 128 Å². The standard InChI is InChI=1S/C27H49N.ClH/c1-4-5-6-7-8-9-10-11-12-13-14-15-16-17-18-22-25-27(28(2)3)26-23-20-19-21-24-26;/h19-21,23-24,27H,4-18,22,25H2,1-3H3;1H. The molecule has 0 spiro atoms. The molecule has 0 aromatic heterocycles. The molecule has 2 heteroatoms. The van der Waals surface area contributed by atoms with Crippen LogP contribution in [0.5, 0.6) is 0 Å². The highest BCUT2D eigenvalue weighted by Crippen LogP contribution is 2.24. The zero-order valence-corrected chi connectivity index (χ0v) is 20.7. The molecule has 0 aliphatic carbocycles. The third-order valence-corrected chi connectivity index (χ3v) is 6.14. The summed E-state index contributed by atoms with van der Waals surface area (Å²) in [5.41, 5.74) is 1.47. The van der Waals surface area contributed by atoms with Gasteiger partial charge >= 0.3 is 0 Å². The largest absolute Gasteiger partial charge is 0.302 e. The van der Waals surface area contributed by atoms with E-state index in [1.54, 1.807) is 0 Å². The van der Waals surface area contributed by atoms with E-state index in [2.05, 4.69) is 56.3 Å². The highest BCUT2D eigenvalue weighted by atomic mass is 35.5. The van der Waals surface area contributed by atoms with Crippen molar-refractivity contribution < 1.29 is 0 Å². The Hall–Kier alpha value is -0.530. The maximum absolute atomic E-state index is 2.38. The Morgan fingerprint density at radius 3 is 1.34 bits per heavy atom. The van der Waals surface area contributed by atoms with Crippen LogP contribution in [0.3, 0.4) is 0 Å². The lowest BCUT2D eigenvalue weighted by atomic mass is 9.98. The Morgan fingerprint density at radius 2 is 0.966 bits per heavy atom. The van der Waals surface area contributed by atoms with Gasteiger partial charge in [0.2, 0.25) is 0 Å². The lowest BCUT2D eigenvalue weighted by Gasteiger charge is -2.24. The fourth-order valence-electron chi connectivity index (χ4n) is 4.28. The van der Waals surface area contributed by atoms with E-state index in [1.807, 2.05) is 0 Å². The number of halogens is 1. The summed E-state index contributed by atoms with van der Waals surface area (Å²) in [5.74, 6) is 0. The van der Waals surface area contributed by atoms with Crippen molar-refractivity contribution in [3.8, 4) is 0 Å². The molecule has 0 amide bonds. The van der Waals surface area contributed by atoms with Crippen LogP contribution in [0.2, 0.25) is 0 Å². The summed E-state index contributed by atoms with van der Waals surface area (Å²) >= 11 is 0. The SMILES string of the molecule is CCCCCCCCCCCCCCCCCCC(c1ccccc1)N(C)C.Cl. The van der Waals surface area contributed by atoms with Crippen molar-refractivity contribution in [2.24, 2.45) is 0 Å². The summed E-state index contributed by atoms with van der Waals surface area (Å²) in [6.45, 7) is 2.30. The highest BCUT2D eigenvalue weighted by molar-refractivity contribution is 5.85. The van der Waals surface area contributed by atoms with Gasteiger partial charge in [-0.05, 0) is 26.1 Å². The number of rotatable bonds is 19. The first-order valence-electron chi connectivity index (χ1n) is 12.5. The molecule has 170 valence electrons. The molecule has 0 aliphatic heterocycles. The van der Waals surface area contributed by atoms with Crippen molar-refractivity contribution in [3.63, 3.8) is 0 Å². The maximum Gasteiger partial charge on any atom is 0.0342 e. The summed E-state index contributed by atoms with van der Waals surface area (Å²) in [6, 6.07) is 11.6. The van der Waals surface area contributed by atoms with E-state index in [0.717, 1.165) is 0 Å². The Labute approximate surface area is 189 Å². The molecule has 1 aromatic carbocycles. The molecule has 1 nitrogen and oxygen atoms in total. The second-order valence-electron chi connectivity index (χ2n) is 8.98. The third kappa shape index (κ3) is 15.9. The number of nitrogens with zero attached hydrogens (tertiary/aromatic N) is 1. The molecule has 29 heavy (non-hydrogen) atoms. The molecule has 0 heterocycles. The first-order chi connectivity index (χ1) is 13.8. The van der Waals surface area contributed by atoms with E-state index in [9.17, 15) is 0 Å². The van der Waals surface area contributed by atoms with Gasteiger partial charge in [-0.15, -0.1) is 12.4 Å². The van der Waals surface area contributed by atoms with Crippen molar-refractivity contribution in [3.05, 3.63) is 35.9 Å². The predicted octanol–water partition coefficient (Wildman–Crippen LogP) is 9.36. The minimum atomic E-state index is 0. The van der Waals surface area contributed by atoms with E-state index in [1.165, 1.54) is 115 Å². The zero-order chi connectivity index (χ0) is 20.3. The topological polar surface area (TPSA) is 3.24 Å². The van der Waals surface area contributed by atoms with Gasteiger partial charge in [0.05, 0.1) is 0 Å². The van der Waals surface area contributed by atoms with Crippen LogP contribution in [0, 0.1) is 0 Å². The first kappa shape index (κ1) is 28.5. The van der Waals surface area contributed by atoms with Crippen LogP contribution in [0.25, 0.3) is 0 Å². The van der Waals surface area contributed by atoms with Crippen LogP contribution in [0.4, 0.5) is 0 Å². The molecular formula is C27H50ClN. The Morgan fingerprint density at radius 1 is 0.586 bits per heavy atom. The van der Waals surface area contributed by atoms with E-state index in [4.69, 9.17) is 0 Å². The average molecular weight is 424 g/mol. The summed E-state index contributed by atoms with van der Waals surface area (Å²) in [7, 11) is 4.42. The molecule has 0 aliphatic rings. The molecule has 1 unspecified atom stereocenters. The molecule has 1 aromatic rings. The van der Waals surface area contributed by atoms with Gasteiger partial charge in [0.15, 0.2) is 0 Å². The van der Waals surface area contributed by atoms with Crippen molar-refractivity contribution >= 4 is 12.4 Å². The molecule has 0 radical (unpaired) electrons.